The van der Waals surface area contributed by atoms with Crippen molar-refractivity contribution in [3.05, 3.63) is 59.7 Å². The summed E-state index contributed by atoms with van der Waals surface area (Å²) in [6.07, 6.45) is 0.893. The zero-order chi connectivity index (χ0) is 17.2. The van der Waals surface area contributed by atoms with Crippen LogP contribution in [0, 0.1) is 0 Å². The molecule has 0 aromatic heterocycles. The van der Waals surface area contributed by atoms with Gasteiger partial charge in [0.15, 0.2) is 0 Å². The van der Waals surface area contributed by atoms with E-state index in [0.717, 1.165) is 29.1 Å². The highest BCUT2D eigenvalue weighted by atomic mass is 32.2. The maximum absolute atomic E-state index is 13.1. The zero-order valence-corrected chi connectivity index (χ0v) is 15.4. The Morgan fingerprint density at radius 3 is 2.54 bits per heavy atom. The molecule has 0 amide bonds. The normalized spacial score (nSPS) is 18.7. The van der Waals surface area contributed by atoms with E-state index >= 15 is 0 Å². The van der Waals surface area contributed by atoms with Gasteiger partial charge in [0, 0.05) is 17.9 Å². The molecule has 0 radical (unpaired) electrons. The van der Waals surface area contributed by atoms with E-state index in [0.29, 0.717) is 11.4 Å². The summed E-state index contributed by atoms with van der Waals surface area (Å²) in [5.74, 6) is 1.49. The quantitative estimate of drug-likeness (QED) is 0.813. The van der Waals surface area contributed by atoms with Crippen LogP contribution in [0.15, 0.2) is 53.4 Å². The molecule has 2 aromatic rings. The Bertz CT molecular complexity index is 803. The Balaban J connectivity index is 1.97. The summed E-state index contributed by atoms with van der Waals surface area (Å²) in [4.78, 5) is 0.349. The highest BCUT2D eigenvalue weighted by molar-refractivity contribution is 8.01. The number of thioether (sulfide) groups is 1. The first-order valence-electron chi connectivity index (χ1n) is 7.93. The zero-order valence-electron chi connectivity index (χ0n) is 13.8. The van der Waals surface area contributed by atoms with E-state index in [9.17, 15) is 8.42 Å². The van der Waals surface area contributed by atoms with Gasteiger partial charge in [-0.2, -0.15) is 4.31 Å². The average molecular weight is 364 g/mol. The first kappa shape index (κ1) is 17.3. The van der Waals surface area contributed by atoms with Crippen LogP contribution in [0.2, 0.25) is 0 Å². The lowest BCUT2D eigenvalue weighted by Crippen LogP contribution is -2.30. The topological polar surface area (TPSA) is 46.6 Å². The molecule has 1 aliphatic rings. The van der Waals surface area contributed by atoms with Crippen molar-refractivity contribution in [1.29, 1.82) is 0 Å². The number of benzene rings is 2. The number of methoxy groups -OCH3 is 1. The van der Waals surface area contributed by atoms with Crippen LogP contribution >= 0.6 is 11.8 Å². The van der Waals surface area contributed by atoms with Gasteiger partial charge < -0.3 is 4.74 Å². The number of aryl methyl sites for hydroxylation is 1. The van der Waals surface area contributed by atoms with Crippen LogP contribution in [0.25, 0.3) is 0 Å². The molecule has 128 valence electrons. The van der Waals surface area contributed by atoms with Crippen molar-refractivity contribution in [1.82, 2.24) is 4.31 Å². The minimum absolute atomic E-state index is 0.253. The fraction of sp³-hybridized carbons (Fsp3) is 0.333. The lowest BCUT2D eigenvalue weighted by molar-refractivity contribution is 0.390. The van der Waals surface area contributed by atoms with Crippen LogP contribution in [-0.2, 0) is 16.4 Å². The van der Waals surface area contributed by atoms with E-state index in [4.69, 9.17) is 4.74 Å². The van der Waals surface area contributed by atoms with Gasteiger partial charge in [0.25, 0.3) is 0 Å². The predicted octanol–water partition coefficient (Wildman–Crippen LogP) is 3.69. The molecular weight excluding hydrogens is 342 g/mol. The summed E-state index contributed by atoms with van der Waals surface area (Å²) in [5, 5.41) is -0.253. The Kier molecular flexibility index (Phi) is 5.18. The standard InChI is InChI=1S/C18H21NO3S2/c1-3-14-8-10-15(11-9-14)24(20,21)19-12-13-23-18(19)16-6-4-5-7-17(16)22-2/h4-11,18H,3,12-13H2,1-2H3. The molecule has 3 rings (SSSR count). The number of nitrogens with zero attached hydrogens (tertiary/aromatic N) is 1. The predicted molar refractivity (Wildman–Crippen MR) is 97.9 cm³/mol. The minimum atomic E-state index is -3.53. The number of ether oxygens (including phenoxy) is 1. The minimum Gasteiger partial charge on any atom is -0.496 e. The van der Waals surface area contributed by atoms with Gasteiger partial charge in [-0.3, -0.25) is 0 Å². The monoisotopic (exact) mass is 363 g/mol. The molecule has 1 aliphatic heterocycles. The number of sulfonamides is 1. The van der Waals surface area contributed by atoms with Crippen molar-refractivity contribution < 1.29 is 13.2 Å². The summed E-state index contributed by atoms with van der Waals surface area (Å²) >= 11 is 1.63. The molecule has 6 heteroatoms. The Morgan fingerprint density at radius 2 is 1.88 bits per heavy atom. The van der Waals surface area contributed by atoms with Gasteiger partial charge >= 0.3 is 0 Å². The second-order valence-corrected chi connectivity index (χ2v) is 8.66. The van der Waals surface area contributed by atoms with E-state index in [-0.39, 0.29) is 5.37 Å². The van der Waals surface area contributed by atoms with Gasteiger partial charge in [0.1, 0.15) is 5.75 Å². The van der Waals surface area contributed by atoms with Crippen molar-refractivity contribution in [3.8, 4) is 5.75 Å². The number of rotatable bonds is 5. The van der Waals surface area contributed by atoms with Crippen molar-refractivity contribution >= 4 is 21.8 Å². The van der Waals surface area contributed by atoms with Gasteiger partial charge in [-0.15, -0.1) is 11.8 Å². The number of hydrogen-bond donors (Lipinski definition) is 0. The van der Waals surface area contributed by atoms with E-state index in [2.05, 4.69) is 6.92 Å². The Morgan fingerprint density at radius 1 is 1.17 bits per heavy atom. The van der Waals surface area contributed by atoms with E-state index < -0.39 is 10.0 Å². The molecule has 0 N–H and O–H groups in total. The maximum Gasteiger partial charge on any atom is 0.244 e. The molecular formula is C18H21NO3S2. The first-order valence-corrected chi connectivity index (χ1v) is 10.4. The smallest absolute Gasteiger partial charge is 0.244 e. The van der Waals surface area contributed by atoms with Gasteiger partial charge in [-0.1, -0.05) is 37.3 Å². The second-order valence-electron chi connectivity index (χ2n) is 5.58. The average Bonchev–Trinajstić information content (AvgIpc) is 3.12. The number of para-hydroxylation sites is 1. The maximum atomic E-state index is 13.1. The van der Waals surface area contributed by atoms with E-state index in [1.165, 1.54) is 0 Å². The molecule has 1 saturated heterocycles. The first-order chi connectivity index (χ1) is 11.6. The molecule has 1 fully saturated rings. The Labute approximate surface area is 147 Å². The third-order valence-corrected chi connectivity index (χ3v) is 7.45. The number of hydrogen-bond acceptors (Lipinski definition) is 4. The van der Waals surface area contributed by atoms with E-state index in [1.807, 2.05) is 36.4 Å². The van der Waals surface area contributed by atoms with Gasteiger partial charge in [0.2, 0.25) is 10.0 Å². The highest BCUT2D eigenvalue weighted by Crippen LogP contribution is 2.44. The van der Waals surface area contributed by atoms with Crippen molar-refractivity contribution in [2.24, 2.45) is 0 Å². The largest absolute Gasteiger partial charge is 0.496 e. The second kappa shape index (κ2) is 7.17. The van der Waals surface area contributed by atoms with Gasteiger partial charge in [0.05, 0.1) is 17.4 Å². The summed E-state index contributed by atoms with van der Waals surface area (Å²) in [7, 11) is -1.92. The molecule has 0 spiro atoms. The van der Waals surface area contributed by atoms with Crippen LogP contribution in [0.1, 0.15) is 23.4 Å². The SMILES string of the molecule is CCc1ccc(S(=O)(=O)N2CCSC2c2ccccc2OC)cc1. The molecule has 4 nitrogen and oxygen atoms in total. The molecule has 24 heavy (non-hydrogen) atoms. The van der Waals surface area contributed by atoms with Crippen LogP contribution in [0.3, 0.4) is 0 Å². The molecule has 1 heterocycles. The molecule has 0 bridgehead atoms. The molecule has 1 unspecified atom stereocenters. The van der Waals surface area contributed by atoms with Gasteiger partial charge in [-0.25, -0.2) is 8.42 Å². The van der Waals surface area contributed by atoms with Crippen molar-refractivity contribution in [3.63, 3.8) is 0 Å². The third kappa shape index (κ3) is 3.18. The summed E-state index contributed by atoms with van der Waals surface area (Å²) < 4.78 is 33.2. The molecule has 1 atom stereocenters. The lowest BCUT2D eigenvalue weighted by Gasteiger charge is -2.25. The van der Waals surface area contributed by atoms with Crippen LogP contribution in [0.4, 0.5) is 0 Å². The fourth-order valence-electron chi connectivity index (χ4n) is 2.85. The van der Waals surface area contributed by atoms with Crippen LogP contribution < -0.4 is 4.74 Å². The van der Waals surface area contributed by atoms with Crippen LogP contribution in [0.5, 0.6) is 5.75 Å². The Hall–Kier alpha value is -1.50. The fourth-order valence-corrected chi connectivity index (χ4v) is 6.11. The van der Waals surface area contributed by atoms with Crippen molar-refractivity contribution in [2.45, 2.75) is 23.6 Å². The third-order valence-electron chi connectivity index (χ3n) is 4.19. The van der Waals surface area contributed by atoms with Crippen molar-refractivity contribution in [2.75, 3.05) is 19.4 Å². The lowest BCUT2D eigenvalue weighted by atomic mass is 10.2. The summed E-state index contributed by atoms with van der Waals surface area (Å²) in [6, 6.07) is 14.8. The van der Waals surface area contributed by atoms with Crippen LogP contribution in [-0.4, -0.2) is 32.1 Å². The highest BCUT2D eigenvalue weighted by Gasteiger charge is 2.38. The van der Waals surface area contributed by atoms with Gasteiger partial charge in [-0.05, 0) is 30.2 Å². The molecule has 0 aliphatic carbocycles. The summed E-state index contributed by atoms with van der Waals surface area (Å²) in [5.41, 5.74) is 2.03. The summed E-state index contributed by atoms with van der Waals surface area (Å²) in [6.45, 7) is 2.56. The molecule has 0 saturated carbocycles. The van der Waals surface area contributed by atoms with E-state index in [1.54, 1.807) is 35.3 Å². The molecule has 2 aromatic carbocycles.